The molecule has 0 saturated carbocycles. The molecular weight excluding hydrogens is 311 g/mol. The van der Waals surface area contributed by atoms with Crippen molar-refractivity contribution in [1.29, 1.82) is 0 Å². The molecule has 0 atom stereocenters. The van der Waals surface area contributed by atoms with E-state index < -0.39 is 7.26 Å². The summed E-state index contributed by atoms with van der Waals surface area (Å²) in [5.41, 5.74) is 0. The van der Waals surface area contributed by atoms with Gasteiger partial charge < -0.3 is 4.74 Å². The third kappa shape index (κ3) is 3.43. The Morgan fingerprint density at radius 1 is 0.625 bits per heavy atom. The van der Waals surface area contributed by atoms with Crippen molar-refractivity contribution in [1.82, 2.24) is 0 Å². The van der Waals surface area contributed by atoms with Gasteiger partial charge in [-0.15, -0.1) is 0 Å². The van der Waals surface area contributed by atoms with E-state index in [1.165, 1.54) is 15.9 Å². The fraction of sp³-hybridized carbons (Fsp3) is 0.182. The molecule has 3 aromatic carbocycles. The maximum atomic E-state index is 5.78. The second-order valence-electron chi connectivity index (χ2n) is 5.74. The van der Waals surface area contributed by atoms with E-state index in [-0.39, 0.29) is 0 Å². The summed E-state index contributed by atoms with van der Waals surface area (Å²) in [6.45, 7) is 3.61. The van der Waals surface area contributed by atoms with Crippen molar-refractivity contribution < 1.29 is 4.74 Å². The molecule has 3 aromatic rings. The van der Waals surface area contributed by atoms with Crippen molar-refractivity contribution in [3.63, 3.8) is 0 Å². The Morgan fingerprint density at radius 3 is 1.33 bits per heavy atom. The number of benzene rings is 3. The van der Waals surface area contributed by atoms with Crippen LogP contribution in [0.4, 0.5) is 0 Å². The highest BCUT2D eigenvalue weighted by Gasteiger charge is 2.44. The van der Waals surface area contributed by atoms with Gasteiger partial charge in [0.05, 0.1) is 12.8 Å². The van der Waals surface area contributed by atoms with Crippen LogP contribution < -0.4 is 15.9 Å². The molecule has 0 aliphatic rings. The topological polar surface area (TPSA) is 9.23 Å². The molecule has 0 fully saturated rings. The summed E-state index contributed by atoms with van der Waals surface area (Å²) >= 11 is 0. The zero-order valence-corrected chi connectivity index (χ0v) is 15.0. The van der Waals surface area contributed by atoms with Crippen LogP contribution >= 0.6 is 7.26 Å². The molecule has 122 valence electrons. The third-order valence-corrected chi connectivity index (χ3v) is 8.76. The van der Waals surface area contributed by atoms with Crippen molar-refractivity contribution >= 4 is 23.2 Å². The van der Waals surface area contributed by atoms with Crippen LogP contribution in [0.15, 0.2) is 91.0 Å². The average molecular weight is 335 g/mol. The number of hydrogen-bond donors (Lipinski definition) is 0. The summed E-state index contributed by atoms with van der Waals surface area (Å²) in [5, 5.41) is 4.26. The summed E-state index contributed by atoms with van der Waals surface area (Å²) in [4.78, 5) is 0. The Kier molecular flexibility index (Phi) is 5.80. The fourth-order valence-corrected chi connectivity index (χ4v) is 7.34. The zero-order valence-electron chi connectivity index (χ0n) is 14.1. The first kappa shape index (κ1) is 16.9. The van der Waals surface area contributed by atoms with E-state index >= 15 is 0 Å². The van der Waals surface area contributed by atoms with Crippen LogP contribution in [0.5, 0.6) is 0 Å². The van der Waals surface area contributed by atoms with Crippen LogP contribution in [-0.4, -0.2) is 19.4 Å². The quantitative estimate of drug-likeness (QED) is 0.468. The fourth-order valence-electron chi connectivity index (χ4n) is 3.23. The van der Waals surface area contributed by atoms with E-state index in [0.29, 0.717) is 0 Å². The van der Waals surface area contributed by atoms with Crippen LogP contribution in [-0.2, 0) is 4.74 Å². The normalized spacial score (nSPS) is 11.4. The van der Waals surface area contributed by atoms with Crippen LogP contribution in [0.3, 0.4) is 0 Å². The van der Waals surface area contributed by atoms with Gasteiger partial charge in [0, 0.05) is 6.61 Å². The minimum atomic E-state index is -1.71. The molecule has 0 bridgehead atoms. The largest absolute Gasteiger partial charge is 0.378 e. The van der Waals surface area contributed by atoms with Crippen LogP contribution in [0.2, 0.25) is 0 Å². The van der Waals surface area contributed by atoms with Crippen molar-refractivity contribution in [2.45, 2.75) is 6.92 Å². The second-order valence-corrected chi connectivity index (χ2v) is 9.35. The molecule has 0 amide bonds. The highest BCUT2D eigenvalue weighted by Crippen LogP contribution is 2.54. The van der Waals surface area contributed by atoms with Crippen molar-refractivity contribution in [3.8, 4) is 0 Å². The lowest BCUT2D eigenvalue weighted by molar-refractivity contribution is 0.164. The predicted octanol–water partition coefficient (Wildman–Crippen LogP) is 4.02. The monoisotopic (exact) mass is 335 g/mol. The molecule has 2 heteroatoms. The van der Waals surface area contributed by atoms with E-state index in [9.17, 15) is 0 Å². The lowest BCUT2D eigenvalue weighted by atomic mass is 10.4. The molecule has 0 unspecified atom stereocenters. The second kappa shape index (κ2) is 8.24. The SMILES string of the molecule is CCOCC[P+](c1ccccc1)(c1ccccc1)c1ccccc1. The van der Waals surface area contributed by atoms with Gasteiger partial charge in [0.15, 0.2) is 0 Å². The highest BCUT2D eigenvalue weighted by atomic mass is 31.2. The molecule has 3 rings (SSSR count). The van der Waals surface area contributed by atoms with E-state index in [1.54, 1.807) is 0 Å². The molecule has 0 saturated heterocycles. The van der Waals surface area contributed by atoms with Crippen LogP contribution in [0.1, 0.15) is 6.92 Å². The van der Waals surface area contributed by atoms with Gasteiger partial charge in [0.2, 0.25) is 0 Å². The first-order chi connectivity index (χ1) is 11.9. The Labute approximate surface area is 145 Å². The molecule has 0 spiro atoms. The van der Waals surface area contributed by atoms with E-state index in [0.717, 1.165) is 19.4 Å². The maximum absolute atomic E-state index is 5.78. The summed E-state index contributed by atoms with van der Waals surface area (Å²) in [6.07, 6.45) is 1.03. The van der Waals surface area contributed by atoms with E-state index in [1.807, 2.05) is 0 Å². The van der Waals surface area contributed by atoms with Crippen LogP contribution in [0, 0.1) is 0 Å². The van der Waals surface area contributed by atoms with Gasteiger partial charge in [0.1, 0.15) is 23.2 Å². The Bertz CT molecular complexity index is 629. The summed E-state index contributed by atoms with van der Waals surface area (Å²) in [7, 11) is -1.71. The summed E-state index contributed by atoms with van der Waals surface area (Å²) < 4.78 is 5.78. The van der Waals surface area contributed by atoms with Gasteiger partial charge in [0.25, 0.3) is 0 Å². The number of rotatable bonds is 7. The standard InChI is InChI=1S/C22H24OP/c1-2-23-18-19-24(20-12-6-3-7-13-20,21-14-8-4-9-15-21)22-16-10-5-11-17-22/h3-17H,2,18-19H2,1H3/q+1. The molecule has 0 heterocycles. The van der Waals surface area contributed by atoms with Crippen LogP contribution in [0.25, 0.3) is 0 Å². The van der Waals surface area contributed by atoms with Gasteiger partial charge in [-0.25, -0.2) is 0 Å². The van der Waals surface area contributed by atoms with E-state index in [4.69, 9.17) is 4.74 Å². The Balaban J connectivity index is 2.20. The molecule has 0 aliphatic heterocycles. The number of ether oxygens (including phenoxy) is 1. The summed E-state index contributed by atoms with van der Waals surface area (Å²) in [5.74, 6) is 0. The van der Waals surface area contributed by atoms with Crippen molar-refractivity contribution in [2.75, 3.05) is 19.4 Å². The summed E-state index contributed by atoms with van der Waals surface area (Å²) in [6, 6.07) is 32.8. The maximum Gasteiger partial charge on any atom is 0.114 e. The lowest BCUT2D eigenvalue weighted by Crippen LogP contribution is -2.34. The van der Waals surface area contributed by atoms with Gasteiger partial charge >= 0.3 is 0 Å². The van der Waals surface area contributed by atoms with Gasteiger partial charge in [-0.1, -0.05) is 54.6 Å². The Morgan fingerprint density at radius 2 is 1.00 bits per heavy atom. The van der Waals surface area contributed by atoms with Gasteiger partial charge in [-0.3, -0.25) is 0 Å². The molecule has 0 radical (unpaired) electrons. The highest BCUT2D eigenvalue weighted by molar-refractivity contribution is 7.95. The first-order valence-corrected chi connectivity index (χ1v) is 10.5. The van der Waals surface area contributed by atoms with E-state index in [2.05, 4.69) is 97.9 Å². The van der Waals surface area contributed by atoms with Crippen molar-refractivity contribution in [3.05, 3.63) is 91.0 Å². The molecular formula is C22H24OP+. The molecule has 0 aliphatic carbocycles. The number of hydrogen-bond acceptors (Lipinski definition) is 1. The molecule has 1 nitrogen and oxygen atoms in total. The molecule has 24 heavy (non-hydrogen) atoms. The third-order valence-electron chi connectivity index (χ3n) is 4.37. The Hall–Kier alpha value is -1.95. The molecule has 0 N–H and O–H groups in total. The zero-order chi connectivity index (χ0) is 16.7. The minimum absolute atomic E-state index is 0.762. The average Bonchev–Trinajstić information content (AvgIpc) is 2.68. The molecule has 0 aromatic heterocycles. The lowest BCUT2D eigenvalue weighted by Gasteiger charge is -2.27. The minimum Gasteiger partial charge on any atom is -0.378 e. The van der Waals surface area contributed by atoms with Gasteiger partial charge in [-0.2, -0.15) is 0 Å². The first-order valence-electron chi connectivity index (χ1n) is 8.50. The predicted molar refractivity (Wildman–Crippen MR) is 107 cm³/mol. The smallest absolute Gasteiger partial charge is 0.114 e. The van der Waals surface area contributed by atoms with Crippen molar-refractivity contribution in [2.24, 2.45) is 0 Å². The van der Waals surface area contributed by atoms with Gasteiger partial charge in [-0.05, 0) is 43.3 Å².